The molecule has 7 heteroatoms. The van der Waals surface area contributed by atoms with Gasteiger partial charge >= 0.3 is 5.63 Å². The number of benzene rings is 1. The molecule has 0 radical (unpaired) electrons. The summed E-state index contributed by atoms with van der Waals surface area (Å²) >= 11 is 0. The lowest BCUT2D eigenvalue weighted by Crippen LogP contribution is -2.44. The number of amides is 2. The summed E-state index contributed by atoms with van der Waals surface area (Å²) in [6.45, 7) is 6.34. The molecule has 2 aliphatic rings. The molecule has 2 amide bonds. The Kier molecular flexibility index (Phi) is 5.30. The number of hydrogen-bond donors (Lipinski definition) is 0. The van der Waals surface area contributed by atoms with E-state index in [1.807, 2.05) is 31.9 Å². The van der Waals surface area contributed by atoms with Crippen molar-refractivity contribution in [3.05, 3.63) is 39.2 Å². The fourth-order valence-corrected chi connectivity index (χ4v) is 4.60. The molecule has 2 atom stereocenters. The third-order valence-electron chi connectivity index (χ3n) is 6.57. The summed E-state index contributed by atoms with van der Waals surface area (Å²) in [5.74, 6) is 0.410. The smallest absolute Gasteiger partial charge is 0.339 e. The fraction of sp³-hybridized carbons (Fsp3) is 0.522. The molecule has 160 valence electrons. The maximum Gasteiger partial charge on any atom is 0.339 e. The maximum absolute atomic E-state index is 13.0. The van der Waals surface area contributed by atoms with Gasteiger partial charge in [0, 0.05) is 31.7 Å². The van der Waals surface area contributed by atoms with Crippen molar-refractivity contribution in [2.24, 2.45) is 5.92 Å². The number of rotatable bonds is 3. The monoisotopic (exact) mass is 412 g/mol. The van der Waals surface area contributed by atoms with Gasteiger partial charge in [-0.1, -0.05) is 6.42 Å². The van der Waals surface area contributed by atoms with Crippen LogP contribution in [0.15, 0.2) is 21.3 Å². The molecule has 0 saturated carbocycles. The van der Waals surface area contributed by atoms with Crippen LogP contribution in [0.3, 0.4) is 0 Å². The van der Waals surface area contributed by atoms with E-state index in [1.54, 1.807) is 17.9 Å². The zero-order valence-corrected chi connectivity index (χ0v) is 18.0. The van der Waals surface area contributed by atoms with E-state index in [-0.39, 0.29) is 36.0 Å². The molecule has 0 N–H and O–H groups in total. The molecule has 30 heavy (non-hydrogen) atoms. The highest BCUT2D eigenvalue weighted by molar-refractivity contribution is 5.89. The largest absolute Gasteiger partial charge is 0.483 e. The van der Waals surface area contributed by atoms with E-state index < -0.39 is 0 Å². The van der Waals surface area contributed by atoms with Crippen molar-refractivity contribution in [1.82, 2.24) is 9.80 Å². The Balaban J connectivity index is 1.57. The van der Waals surface area contributed by atoms with Crippen LogP contribution < -0.4 is 10.4 Å². The predicted molar refractivity (Wildman–Crippen MR) is 113 cm³/mol. The normalized spacial score (nSPS) is 21.7. The summed E-state index contributed by atoms with van der Waals surface area (Å²) in [7, 11) is 1.84. The summed E-state index contributed by atoms with van der Waals surface area (Å²) in [5.41, 5.74) is 2.30. The molecular formula is C23H28N2O5. The standard InChI is InChI=1S/C23H28N2O5/c1-13-8-18(21-14(2)15(3)23(28)30-19(21)9-13)29-12-20(26)25-10-16-6-5-7-17(11-25)24(4)22(16)27/h8-9,16-17H,5-7,10-12H2,1-4H3/t16-,17+/m1/s1. The Labute approximate surface area is 175 Å². The maximum atomic E-state index is 13.0. The first-order valence-corrected chi connectivity index (χ1v) is 10.5. The Morgan fingerprint density at radius 2 is 1.90 bits per heavy atom. The van der Waals surface area contributed by atoms with Gasteiger partial charge in [0.1, 0.15) is 11.3 Å². The molecule has 0 spiro atoms. The van der Waals surface area contributed by atoms with Crippen molar-refractivity contribution in [3.63, 3.8) is 0 Å². The minimum Gasteiger partial charge on any atom is -0.483 e. The van der Waals surface area contributed by atoms with Crippen molar-refractivity contribution in [3.8, 4) is 5.75 Å². The van der Waals surface area contributed by atoms with Gasteiger partial charge in [0.15, 0.2) is 6.61 Å². The highest BCUT2D eigenvalue weighted by Gasteiger charge is 2.38. The average molecular weight is 412 g/mol. The second-order valence-corrected chi connectivity index (χ2v) is 8.59. The van der Waals surface area contributed by atoms with Gasteiger partial charge in [-0.25, -0.2) is 4.79 Å². The van der Waals surface area contributed by atoms with Gasteiger partial charge in [-0.05, 0) is 56.9 Å². The molecule has 0 aliphatic carbocycles. The topological polar surface area (TPSA) is 80.1 Å². The average Bonchev–Trinajstić information content (AvgIpc) is 2.88. The zero-order valence-electron chi connectivity index (χ0n) is 18.0. The summed E-state index contributed by atoms with van der Waals surface area (Å²) in [6.07, 6.45) is 2.76. The molecular weight excluding hydrogens is 384 g/mol. The van der Waals surface area contributed by atoms with Gasteiger partial charge < -0.3 is 19.0 Å². The number of aryl methyl sites for hydroxylation is 2. The zero-order chi connectivity index (χ0) is 21.6. The quantitative estimate of drug-likeness (QED) is 0.724. The van der Waals surface area contributed by atoms with E-state index in [1.165, 1.54) is 0 Å². The lowest BCUT2D eigenvalue weighted by molar-refractivity contribution is -0.135. The number of nitrogens with zero attached hydrogens (tertiary/aromatic N) is 2. The highest BCUT2D eigenvalue weighted by atomic mass is 16.5. The Bertz CT molecular complexity index is 1070. The molecule has 2 saturated heterocycles. The van der Waals surface area contributed by atoms with Crippen LogP contribution in [-0.4, -0.2) is 54.4 Å². The molecule has 2 bridgehead atoms. The number of carbonyl (C=O) groups is 2. The third kappa shape index (κ3) is 3.57. The predicted octanol–water partition coefficient (Wildman–Crippen LogP) is 2.57. The molecule has 2 aromatic rings. The van der Waals surface area contributed by atoms with Gasteiger partial charge in [0.2, 0.25) is 5.91 Å². The second-order valence-electron chi connectivity index (χ2n) is 8.59. The Morgan fingerprint density at radius 3 is 2.67 bits per heavy atom. The van der Waals surface area contributed by atoms with Crippen LogP contribution in [0.1, 0.15) is 36.0 Å². The van der Waals surface area contributed by atoms with Gasteiger partial charge in [0.05, 0.1) is 11.3 Å². The van der Waals surface area contributed by atoms with Crippen molar-refractivity contribution in [2.45, 2.75) is 46.1 Å². The van der Waals surface area contributed by atoms with Crippen LogP contribution in [0.25, 0.3) is 11.0 Å². The van der Waals surface area contributed by atoms with Crippen molar-refractivity contribution in [1.29, 1.82) is 0 Å². The molecule has 7 nitrogen and oxygen atoms in total. The minimum atomic E-state index is -0.363. The summed E-state index contributed by atoms with van der Waals surface area (Å²) in [5, 5.41) is 0.716. The van der Waals surface area contributed by atoms with E-state index in [0.717, 1.165) is 30.4 Å². The highest BCUT2D eigenvalue weighted by Crippen LogP contribution is 2.31. The molecule has 1 aromatic heterocycles. The van der Waals surface area contributed by atoms with Crippen molar-refractivity contribution in [2.75, 3.05) is 26.7 Å². The lowest BCUT2D eigenvalue weighted by Gasteiger charge is -2.29. The lowest BCUT2D eigenvalue weighted by atomic mass is 9.99. The van der Waals surface area contributed by atoms with Gasteiger partial charge in [-0.3, -0.25) is 9.59 Å². The first-order valence-electron chi connectivity index (χ1n) is 10.5. The van der Waals surface area contributed by atoms with Crippen molar-refractivity contribution >= 4 is 22.8 Å². The first-order chi connectivity index (χ1) is 14.3. The van der Waals surface area contributed by atoms with Crippen molar-refractivity contribution < 1.29 is 18.7 Å². The van der Waals surface area contributed by atoms with E-state index in [0.29, 0.717) is 35.4 Å². The fourth-order valence-electron chi connectivity index (χ4n) is 4.60. The van der Waals surface area contributed by atoms with Gasteiger partial charge in [-0.15, -0.1) is 0 Å². The molecule has 3 heterocycles. The molecule has 2 aliphatic heterocycles. The number of hydrogen-bond acceptors (Lipinski definition) is 5. The first kappa shape index (κ1) is 20.4. The van der Waals surface area contributed by atoms with Crippen LogP contribution >= 0.6 is 0 Å². The molecule has 1 aromatic carbocycles. The number of ether oxygens (including phenoxy) is 1. The summed E-state index contributed by atoms with van der Waals surface area (Å²) < 4.78 is 11.4. The van der Waals surface area contributed by atoms with E-state index in [2.05, 4.69) is 0 Å². The SMILES string of the molecule is Cc1cc(OCC(=O)N2C[C@H]3CCC[C@@H](C2)N(C)C3=O)c2c(C)c(C)c(=O)oc2c1. The van der Waals surface area contributed by atoms with Crippen LogP contribution in [0.2, 0.25) is 0 Å². The van der Waals surface area contributed by atoms with E-state index in [4.69, 9.17) is 9.15 Å². The second kappa shape index (κ2) is 7.78. The third-order valence-corrected chi connectivity index (χ3v) is 6.57. The molecule has 2 fully saturated rings. The van der Waals surface area contributed by atoms with E-state index in [9.17, 15) is 14.4 Å². The minimum absolute atomic E-state index is 0.0629. The van der Waals surface area contributed by atoms with E-state index >= 15 is 0 Å². The van der Waals surface area contributed by atoms with Crippen LogP contribution in [-0.2, 0) is 9.59 Å². The summed E-state index contributed by atoms with van der Waals surface area (Å²) in [4.78, 5) is 41.2. The number of likely N-dealkylation sites (tertiary alicyclic amines) is 1. The number of fused-ring (bicyclic) bond motifs is 4. The van der Waals surface area contributed by atoms with Gasteiger partial charge in [-0.2, -0.15) is 0 Å². The molecule has 4 rings (SSSR count). The van der Waals surface area contributed by atoms with Crippen LogP contribution in [0.5, 0.6) is 5.75 Å². The van der Waals surface area contributed by atoms with Crippen LogP contribution in [0.4, 0.5) is 0 Å². The van der Waals surface area contributed by atoms with Gasteiger partial charge in [0.25, 0.3) is 5.91 Å². The molecule has 0 unspecified atom stereocenters. The summed E-state index contributed by atoms with van der Waals surface area (Å²) in [6, 6.07) is 3.72. The van der Waals surface area contributed by atoms with Crippen LogP contribution in [0, 0.1) is 26.7 Å². The Hall–Kier alpha value is -2.83. The number of likely N-dealkylation sites (N-methyl/N-ethyl adjacent to an activating group) is 1. The number of carbonyl (C=O) groups excluding carboxylic acids is 2. The Morgan fingerprint density at radius 1 is 1.13 bits per heavy atom.